The summed E-state index contributed by atoms with van der Waals surface area (Å²) in [6.07, 6.45) is 1.29. The van der Waals surface area contributed by atoms with Gasteiger partial charge in [-0.2, -0.15) is 11.8 Å². The predicted molar refractivity (Wildman–Crippen MR) is 84.8 cm³/mol. The Bertz CT molecular complexity index is 512. The molecule has 1 aromatic carbocycles. The quantitative estimate of drug-likeness (QED) is 0.785. The molecular weight excluding hydrogens is 278 g/mol. The topological polar surface area (TPSA) is 46.2 Å². The van der Waals surface area contributed by atoms with Gasteiger partial charge in [0.05, 0.1) is 5.75 Å². The van der Waals surface area contributed by atoms with Crippen LogP contribution in [0.25, 0.3) is 0 Å². The van der Waals surface area contributed by atoms with Crippen LogP contribution in [0.4, 0.5) is 0 Å². The molecule has 1 N–H and O–H groups in total. The average molecular weight is 301 g/mol. The van der Waals surface area contributed by atoms with E-state index in [0.717, 1.165) is 5.75 Å². The second kappa shape index (κ2) is 7.31. The van der Waals surface area contributed by atoms with Gasteiger partial charge in [0.25, 0.3) is 0 Å². The lowest BCUT2D eigenvalue weighted by Crippen LogP contribution is -2.20. The minimum atomic E-state index is -2.85. The summed E-state index contributed by atoms with van der Waals surface area (Å²) in [5.41, 5.74) is 3.82. The van der Waals surface area contributed by atoms with E-state index < -0.39 is 9.84 Å². The van der Waals surface area contributed by atoms with Crippen LogP contribution in [0.3, 0.4) is 0 Å². The zero-order valence-electron chi connectivity index (χ0n) is 12.1. The van der Waals surface area contributed by atoms with E-state index in [9.17, 15) is 8.42 Å². The number of hydrogen-bond donors (Lipinski definition) is 1. The summed E-state index contributed by atoms with van der Waals surface area (Å²) in [4.78, 5) is 0. The first-order chi connectivity index (χ1) is 8.83. The molecule has 0 aliphatic heterocycles. The van der Waals surface area contributed by atoms with Crippen LogP contribution >= 0.6 is 11.8 Å². The highest BCUT2D eigenvalue weighted by molar-refractivity contribution is 8.00. The Kier molecular flexibility index (Phi) is 6.36. The van der Waals surface area contributed by atoms with Crippen molar-refractivity contribution >= 4 is 21.6 Å². The van der Waals surface area contributed by atoms with Gasteiger partial charge < -0.3 is 5.32 Å². The molecule has 108 valence electrons. The molecule has 1 atom stereocenters. The zero-order chi connectivity index (χ0) is 14.5. The van der Waals surface area contributed by atoms with Crippen LogP contribution < -0.4 is 5.32 Å². The van der Waals surface area contributed by atoms with Gasteiger partial charge in [-0.1, -0.05) is 23.8 Å². The van der Waals surface area contributed by atoms with Crippen molar-refractivity contribution in [1.29, 1.82) is 0 Å². The third kappa shape index (κ3) is 5.97. The molecule has 3 nitrogen and oxygen atoms in total. The van der Waals surface area contributed by atoms with E-state index in [1.54, 1.807) is 11.8 Å². The molecule has 19 heavy (non-hydrogen) atoms. The highest BCUT2D eigenvalue weighted by Gasteiger charge is 2.12. The van der Waals surface area contributed by atoms with Crippen molar-refractivity contribution in [3.63, 3.8) is 0 Å². The molecule has 0 bridgehead atoms. The Morgan fingerprint density at radius 2 is 2.00 bits per heavy atom. The normalized spacial score (nSPS) is 13.5. The molecule has 1 rings (SSSR count). The number of nitrogens with one attached hydrogen (secondary N) is 1. The van der Waals surface area contributed by atoms with Gasteiger partial charge >= 0.3 is 0 Å². The fourth-order valence-electron chi connectivity index (χ4n) is 1.88. The molecule has 0 amide bonds. The third-order valence-electron chi connectivity index (χ3n) is 3.04. The Hall–Kier alpha value is -0.520. The van der Waals surface area contributed by atoms with Gasteiger partial charge in [0.15, 0.2) is 0 Å². The Labute approximate surface area is 121 Å². The molecule has 1 aromatic rings. The molecule has 0 spiro atoms. The van der Waals surface area contributed by atoms with E-state index in [2.05, 4.69) is 37.4 Å². The molecule has 0 saturated heterocycles. The van der Waals surface area contributed by atoms with Crippen molar-refractivity contribution < 1.29 is 8.42 Å². The number of benzene rings is 1. The van der Waals surface area contributed by atoms with Crippen LogP contribution in [0.15, 0.2) is 18.2 Å². The van der Waals surface area contributed by atoms with Crippen molar-refractivity contribution in [1.82, 2.24) is 5.32 Å². The zero-order valence-corrected chi connectivity index (χ0v) is 13.7. The van der Waals surface area contributed by atoms with Gasteiger partial charge in [0.2, 0.25) is 0 Å². The maximum Gasteiger partial charge on any atom is 0.148 e. The van der Waals surface area contributed by atoms with Crippen molar-refractivity contribution in [3.8, 4) is 0 Å². The smallest absolute Gasteiger partial charge is 0.148 e. The molecule has 0 heterocycles. The first kappa shape index (κ1) is 16.5. The predicted octanol–water partition coefficient (Wildman–Crippen LogP) is 2.34. The van der Waals surface area contributed by atoms with Crippen LogP contribution in [0.5, 0.6) is 0 Å². The van der Waals surface area contributed by atoms with E-state index in [1.165, 1.54) is 22.9 Å². The van der Waals surface area contributed by atoms with Crippen molar-refractivity contribution in [2.24, 2.45) is 0 Å². The lowest BCUT2D eigenvalue weighted by Gasteiger charge is -2.19. The standard InChI is InChI=1S/C14H23NO2S2/c1-11-5-6-12(2)13(9-11)14(15-3)10-18-7-8-19(4,16)17/h5-6,9,14-15H,7-8,10H2,1-4H3. The summed E-state index contributed by atoms with van der Waals surface area (Å²) in [7, 11) is -0.902. The highest BCUT2D eigenvalue weighted by Crippen LogP contribution is 2.22. The van der Waals surface area contributed by atoms with E-state index >= 15 is 0 Å². The van der Waals surface area contributed by atoms with Gasteiger partial charge in [-0.25, -0.2) is 8.42 Å². The lowest BCUT2D eigenvalue weighted by molar-refractivity contribution is 0.603. The molecule has 0 aliphatic carbocycles. The number of hydrogen-bond acceptors (Lipinski definition) is 4. The second-order valence-electron chi connectivity index (χ2n) is 4.91. The maximum atomic E-state index is 11.1. The summed E-state index contributed by atoms with van der Waals surface area (Å²) < 4.78 is 22.2. The van der Waals surface area contributed by atoms with Crippen molar-refractivity contribution in [3.05, 3.63) is 34.9 Å². The molecule has 0 fully saturated rings. The fourth-order valence-corrected chi connectivity index (χ4v) is 4.31. The third-order valence-corrected chi connectivity index (χ3v) is 5.31. The number of thioether (sulfide) groups is 1. The Balaban J connectivity index is 2.61. The largest absolute Gasteiger partial charge is 0.312 e. The van der Waals surface area contributed by atoms with Crippen LogP contribution in [0.2, 0.25) is 0 Å². The molecule has 0 aromatic heterocycles. The molecule has 0 aliphatic rings. The van der Waals surface area contributed by atoms with Gasteiger partial charge in [-0.3, -0.25) is 0 Å². The molecule has 1 unspecified atom stereocenters. The van der Waals surface area contributed by atoms with Crippen LogP contribution in [0, 0.1) is 13.8 Å². The van der Waals surface area contributed by atoms with Crippen LogP contribution in [-0.4, -0.2) is 39.0 Å². The monoisotopic (exact) mass is 301 g/mol. The summed E-state index contributed by atoms with van der Waals surface area (Å²) in [5, 5.41) is 3.31. The SMILES string of the molecule is CNC(CSCCS(C)(=O)=O)c1cc(C)ccc1C. The van der Waals surface area contributed by atoms with Crippen molar-refractivity contribution in [2.45, 2.75) is 19.9 Å². The van der Waals surface area contributed by atoms with E-state index in [-0.39, 0.29) is 11.8 Å². The summed E-state index contributed by atoms with van der Waals surface area (Å²) in [6, 6.07) is 6.72. The highest BCUT2D eigenvalue weighted by atomic mass is 32.2. The first-order valence-electron chi connectivity index (χ1n) is 6.33. The Morgan fingerprint density at radius 1 is 1.32 bits per heavy atom. The maximum absolute atomic E-state index is 11.1. The molecule has 0 radical (unpaired) electrons. The van der Waals surface area contributed by atoms with E-state index in [1.807, 2.05) is 7.05 Å². The lowest BCUT2D eigenvalue weighted by atomic mass is 10.0. The summed E-state index contributed by atoms with van der Waals surface area (Å²) >= 11 is 1.68. The molecular formula is C14H23NO2S2. The van der Waals surface area contributed by atoms with Crippen LogP contribution in [0.1, 0.15) is 22.7 Å². The average Bonchev–Trinajstić information content (AvgIpc) is 2.32. The second-order valence-corrected chi connectivity index (χ2v) is 8.32. The summed E-state index contributed by atoms with van der Waals surface area (Å²) in [5.74, 6) is 1.79. The minimum Gasteiger partial charge on any atom is -0.312 e. The number of aryl methyl sites for hydroxylation is 2. The van der Waals surface area contributed by atoms with Gasteiger partial charge in [-0.15, -0.1) is 0 Å². The van der Waals surface area contributed by atoms with E-state index in [0.29, 0.717) is 5.75 Å². The van der Waals surface area contributed by atoms with Gasteiger partial charge in [0, 0.05) is 23.8 Å². The van der Waals surface area contributed by atoms with Crippen LogP contribution in [-0.2, 0) is 9.84 Å². The fraction of sp³-hybridized carbons (Fsp3) is 0.571. The number of sulfone groups is 1. The van der Waals surface area contributed by atoms with Gasteiger partial charge in [-0.05, 0) is 32.0 Å². The minimum absolute atomic E-state index is 0.251. The van der Waals surface area contributed by atoms with Gasteiger partial charge in [0.1, 0.15) is 9.84 Å². The number of rotatable bonds is 7. The molecule has 5 heteroatoms. The summed E-state index contributed by atoms with van der Waals surface area (Å²) in [6.45, 7) is 4.20. The van der Waals surface area contributed by atoms with E-state index in [4.69, 9.17) is 0 Å². The Morgan fingerprint density at radius 3 is 2.58 bits per heavy atom. The van der Waals surface area contributed by atoms with Crippen molar-refractivity contribution in [2.75, 3.05) is 30.6 Å². The molecule has 0 saturated carbocycles. The first-order valence-corrected chi connectivity index (χ1v) is 9.55.